The van der Waals surface area contributed by atoms with Gasteiger partial charge in [-0.1, -0.05) is 54.6 Å². The van der Waals surface area contributed by atoms with Gasteiger partial charge in [-0.05, 0) is 36.1 Å². The highest BCUT2D eigenvalue weighted by atomic mass is 16.5. The van der Waals surface area contributed by atoms with E-state index >= 15 is 0 Å². The van der Waals surface area contributed by atoms with Gasteiger partial charge in [0.2, 0.25) is 0 Å². The highest BCUT2D eigenvalue weighted by Crippen LogP contribution is 2.23. The second-order valence-electron chi connectivity index (χ2n) is 6.88. The second-order valence-corrected chi connectivity index (χ2v) is 6.88. The molecule has 1 aliphatic rings. The molecule has 144 valence electrons. The lowest BCUT2D eigenvalue weighted by Crippen LogP contribution is -2.35. The van der Waals surface area contributed by atoms with E-state index in [2.05, 4.69) is 18.2 Å². The smallest absolute Gasteiger partial charge is 0.118 e. The molecule has 0 unspecified atom stereocenters. The van der Waals surface area contributed by atoms with Crippen LogP contribution in [-0.2, 0) is 16.1 Å². The molecule has 1 saturated heterocycles. The average molecular weight is 368 g/mol. The predicted octanol–water partition coefficient (Wildman–Crippen LogP) is 4.22. The first kappa shape index (κ1) is 19.6. The van der Waals surface area contributed by atoms with Crippen molar-refractivity contribution in [2.75, 3.05) is 13.7 Å². The first-order valence-electron chi connectivity index (χ1n) is 9.50. The van der Waals surface area contributed by atoms with Gasteiger partial charge in [0.05, 0.1) is 32.0 Å². The summed E-state index contributed by atoms with van der Waals surface area (Å²) in [7, 11) is 1.66. The van der Waals surface area contributed by atoms with Gasteiger partial charge in [0, 0.05) is 13.0 Å². The Hall–Kier alpha value is -2.14. The van der Waals surface area contributed by atoms with Gasteiger partial charge in [0.25, 0.3) is 0 Å². The van der Waals surface area contributed by atoms with Gasteiger partial charge in [-0.2, -0.15) is 0 Å². The Bertz CT molecular complexity index is 696. The minimum Gasteiger partial charge on any atom is -0.497 e. The SMILES string of the molecule is COc1ccc(COCC[C@@H]2C[C@@H](O)C[C@H](/C=C/c3ccccc3)O2)cc1. The maximum absolute atomic E-state index is 10.2. The van der Waals surface area contributed by atoms with Crippen LogP contribution in [0.1, 0.15) is 30.4 Å². The Morgan fingerprint density at radius 3 is 2.59 bits per heavy atom. The molecule has 0 amide bonds. The molecule has 27 heavy (non-hydrogen) atoms. The van der Waals surface area contributed by atoms with E-state index in [9.17, 15) is 5.11 Å². The lowest BCUT2D eigenvalue weighted by Gasteiger charge is -2.31. The molecule has 1 heterocycles. The molecule has 2 aromatic carbocycles. The van der Waals surface area contributed by atoms with E-state index in [-0.39, 0.29) is 18.3 Å². The third-order valence-corrected chi connectivity index (χ3v) is 4.72. The van der Waals surface area contributed by atoms with Crippen molar-refractivity contribution in [2.45, 2.75) is 44.2 Å². The molecule has 0 aromatic heterocycles. The zero-order valence-corrected chi connectivity index (χ0v) is 15.8. The average Bonchev–Trinajstić information content (AvgIpc) is 2.70. The van der Waals surface area contributed by atoms with Gasteiger partial charge in [-0.15, -0.1) is 0 Å². The molecule has 1 N–H and O–H groups in total. The van der Waals surface area contributed by atoms with Crippen LogP contribution in [0.5, 0.6) is 5.75 Å². The predicted molar refractivity (Wildman–Crippen MR) is 107 cm³/mol. The van der Waals surface area contributed by atoms with E-state index in [0.717, 1.165) is 23.3 Å². The first-order chi connectivity index (χ1) is 13.2. The van der Waals surface area contributed by atoms with Crippen LogP contribution in [0.2, 0.25) is 0 Å². The van der Waals surface area contributed by atoms with E-state index in [0.29, 0.717) is 26.1 Å². The fourth-order valence-corrected chi connectivity index (χ4v) is 3.25. The van der Waals surface area contributed by atoms with Crippen molar-refractivity contribution in [1.29, 1.82) is 0 Å². The van der Waals surface area contributed by atoms with Crippen molar-refractivity contribution < 1.29 is 19.3 Å². The van der Waals surface area contributed by atoms with Gasteiger partial charge >= 0.3 is 0 Å². The van der Waals surface area contributed by atoms with Gasteiger partial charge < -0.3 is 19.3 Å². The largest absolute Gasteiger partial charge is 0.497 e. The zero-order chi connectivity index (χ0) is 18.9. The Morgan fingerprint density at radius 1 is 1.07 bits per heavy atom. The van der Waals surface area contributed by atoms with Gasteiger partial charge in [0.15, 0.2) is 0 Å². The fourth-order valence-electron chi connectivity index (χ4n) is 3.25. The zero-order valence-electron chi connectivity index (χ0n) is 15.8. The maximum Gasteiger partial charge on any atom is 0.118 e. The number of benzene rings is 2. The standard InChI is InChI=1S/C23H28O4/c1-25-21-10-8-19(9-11-21)17-26-14-13-23-16-20(24)15-22(27-23)12-7-18-5-3-2-4-6-18/h2-12,20,22-24H,13-17H2,1H3/b12-7+/t20-,22-,23+/m0/s1. The van der Waals surface area contributed by atoms with Crippen LogP contribution in [0.4, 0.5) is 0 Å². The summed E-state index contributed by atoms with van der Waals surface area (Å²) in [6.07, 6.45) is 5.84. The molecule has 0 bridgehead atoms. The van der Waals surface area contributed by atoms with Crippen LogP contribution >= 0.6 is 0 Å². The second kappa shape index (κ2) is 10.3. The summed E-state index contributed by atoms with van der Waals surface area (Å²) >= 11 is 0. The number of aliphatic hydroxyl groups excluding tert-OH is 1. The molecule has 3 atom stereocenters. The summed E-state index contributed by atoms with van der Waals surface area (Å²) in [6.45, 7) is 1.18. The van der Waals surface area contributed by atoms with E-state index in [4.69, 9.17) is 14.2 Å². The van der Waals surface area contributed by atoms with E-state index in [1.165, 1.54) is 0 Å². The number of aliphatic hydroxyl groups is 1. The Labute approximate surface area is 161 Å². The number of rotatable bonds is 8. The van der Waals surface area contributed by atoms with Crippen molar-refractivity contribution in [3.63, 3.8) is 0 Å². The number of hydrogen-bond donors (Lipinski definition) is 1. The Morgan fingerprint density at radius 2 is 1.85 bits per heavy atom. The van der Waals surface area contributed by atoms with E-state index in [1.54, 1.807) is 7.11 Å². The fraction of sp³-hybridized carbons (Fsp3) is 0.391. The van der Waals surface area contributed by atoms with Crippen LogP contribution in [0.15, 0.2) is 60.7 Å². The normalized spacial score (nSPS) is 22.8. The van der Waals surface area contributed by atoms with E-state index in [1.807, 2.05) is 48.5 Å². The lowest BCUT2D eigenvalue weighted by atomic mass is 9.98. The molecular formula is C23H28O4. The van der Waals surface area contributed by atoms with Crippen LogP contribution in [0.25, 0.3) is 6.08 Å². The maximum atomic E-state index is 10.2. The van der Waals surface area contributed by atoms with Gasteiger partial charge in [-0.25, -0.2) is 0 Å². The Balaban J connectivity index is 1.42. The number of hydrogen-bond acceptors (Lipinski definition) is 4. The summed E-state index contributed by atoms with van der Waals surface area (Å²) in [4.78, 5) is 0. The quantitative estimate of drug-likeness (QED) is 0.709. The monoisotopic (exact) mass is 368 g/mol. The third-order valence-electron chi connectivity index (χ3n) is 4.72. The highest BCUT2D eigenvalue weighted by Gasteiger charge is 2.26. The number of ether oxygens (including phenoxy) is 3. The Kier molecular flexibility index (Phi) is 7.45. The molecular weight excluding hydrogens is 340 g/mol. The van der Waals surface area contributed by atoms with Crippen molar-refractivity contribution in [3.8, 4) is 5.75 Å². The summed E-state index contributed by atoms with van der Waals surface area (Å²) in [5.41, 5.74) is 2.25. The van der Waals surface area contributed by atoms with Crippen molar-refractivity contribution >= 4 is 6.08 Å². The molecule has 0 saturated carbocycles. The topological polar surface area (TPSA) is 47.9 Å². The lowest BCUT2D eigenvalue weighted by molar-refractivity contribution is -0.0860. The van der Waals surface area contributed by atoms with Crippen molar-refractivity contribution in [3.05, 3.63) is 71.8 Å². The van der Waals surface area contributed by atoms with Crippen molar-refractivity contribution in [2.24, 2.45) is 0 Å². The molecule has 1 aliphatic heterocycles. The van der Waals surface area contributed by atoms with Crippen LogP contribution in [0, 0.1) is 0 Å². The minimum absolute atomic E-state index is 0.0232. The highest BCUT2D eigenvalue weighted by molar-refractivity contribution is 5.49. The van der Waals surface area contributed by atoms with Gasteiger partial charge in [0.1, 0.15) is 5.75 Å². The van der Waals surface area contributed by atoms with Crippen LogP contribution in [0.3, 0.4) is 0 Å². The summed E-state index contributed by atoms with van der Waals surface area (Å²) in [5, 5.41) is 10.2. The molecule has 4 nitrogen and oxygen atoms in total. The third kappa shape index (κ3) is 6.51. The van der Waals surface area contributed by atoms with Gasteiger partial charge in [-0.3, -0.25) is 0 Å². The molecule has 0 spiro atoms. The number of methoxy groups -OCH3 is 1. The molecule has 1 fully saturated rings. The van der Waals surface area contributed by atoms with Crippen LogP contribution < -0.4 is 4.74 Å². The molecule has 0 aliphatic carbocycles. The summed E-state index contributed by atoms with van der Waals surface area (Å²) < 4.78 is 17.0. The summed E-state index contributed by atoms with van der Waals surface area (Å²) in [6, 6.07) is 18.0. The van der Waals surface area contributed by atoms with Crippen molar-refractivity contribution in [1.82, 2.24) is 0 Å². The minimum atomic E-state index is -0.323. The molecule has 2 aromatic rings. The van der Waals surface area contributed by atoms with Crippen LogP contribution in [-0.4, -0.2) is 37.1 Å². The molecule has 0 radical (unpaired) electrons. The van der Waals surface area contributed by atoms with E-state index < -0.39 is 0 Å². The molecule has 3 rings (SSSR count). The molecule has 4 heteroatoms. The first-order valence-corrected chi connectivity index (χ1v) is 9.50. The summed E-state index contributed by atoms with van der Waals surface area (Å²) in [5.74, 6) is 0.845.